The van der Waals surface area contributed by atoms with Gasteiger partial charge in [0.2, 0.25) is 0 Å². The number of allylic oxidation sites excluding steroid dienone is 1. The number of hydrogen-bond acceptors (Lipinski definition) is 2. The Morgan fingerprint density at radius 1 is 1.35 bits per heavy atom. The minimum Gasteiger partial charge on any atom is -0.444 e. The van der Waals surface area contributed by atoms with Crippen LogP contribution in [-0.4, -0.2) is 6.09 Å². The second-order valence-corrected chi connectivity index (χ2v) is 3.95. The summed E-state index contributed by atoms with van der Waals surface area (Å²) in [5, 5.41) is 2.61. The average Bonchev–Trinajstić information content (AvgIpc) is 2.35. The van der Waals surface area contributed by atoms with E-state index < -0.39 is 6.09 Å². The Bertz CT molecular complexity index is 371. The summed E-state index contributed by atoms with van der Waals surface area (Å²) in [6.07, 6.45) is 3.35. The van der Waals surface area contributed by atoms with Gasteiger partial charge in [0.05, 0.1) is 0 Å². The first-order valence-corrected chi connectivity index (χ1v) is 5.85. The number of alkyl carbamates (subject to hydrolysis) is 1. The van der Waals surface area contributed by atoms with Crippen LogP contribution in [0.5, 0.6) is 0 Å². The molecule has 17 heavy (non-hydrogen) atoms. The van der Waals surface area contributed by atoms with Crippen LogP contribution in [0, 0.1) is 0 Å². The summed E-state index contributed by atoms with van der Waals surface area (Å²) in [6.45, 7) is 4.39. The van der Waals surface area contributed by atoms with Crippen LogP contribution in [0.1, 0.15) is 32.3 Å². The first kappa shape index (κ1) is 13.3. The van der Waals surface area contributed by atoms with Crippen LogP contribution >= 0.6 is 0 Å². The molecule has 0 saturated carbocycles. The Morgan fingerprint density at radius 2 is 2.06 bits per heavy atom. The number of ether oxygens (including phenoxy) is 1. The van der Waals surface area contributed by atoms with Gasteiger partial charge in [0.1, 0.15) is 6.61 Å². The Balaban J connectivity index is 2.29. The molecule has 0 heterocycles. The van der Waals surface area contributed by atoms with E-state index in [0.29, 0.717) is 6.61 Å². The van der Waals surface area contributed by atoms with E-state index in [4.69, 9.17) is 4.74 Å². The predicted molar refractivity (Wildman–Crippen MR) is 68.4 cm³/mol. The minimum absolute atomic E-state index is 0.299. The fourth-order valence-electron chi connectivity index (χ4n) is 1.41. The van der Waals surface area contributed by atoms with Crippen LogP contribution in [0.4, 0.5) is 4.79 Å². The molecule has 1 amide bonds. The summed E-state index contributed by atoms with van der Waals surface area (Å²) in [7, 11) is 0. The highest BCUT2D eigenvalue weighted by Crippen LogP contribution is 2.02. The quantitative estimate of drug-likeness (QED) is 0.843. The highest BCUT2D eigenvalue weighted by molar-refractivity contribution is 5.68. The third kappa shape index (κ3) is 5.76. The topological polar surface area (TPSA) is 38.3 Å². The fourth-order valence-corrected chi connectivity index (χ4v) is 1.41. The van der Waals surface area contributed by atoms with E-state index in [1.165, 1.54) is 0 Å². The molecule has 0 aliphatic rings. The summed E-state index contributed by atoms with van der Waals surface area (Å²) >= 11 is 0. The Labute approximate surface area is 102 Å². The Morgan fingerprint density at radius 3 is 2.71 bits per heavy atom. The van der Waals surface area contributed by atoms with Crippen molar-refractivity contribution in [2.24, 2.45) is 0 Å². The highest BCUT2D eigenvalue weighted by atomic mass is 16.5. The summed E-state index contributed by atoms with van der Waals surface area (Å²) in [5.41, 5.74) is 2.13. The number of nitrogens with one attached hydrogen (secondary N) is 1. The van der Waals surface area contributed by atoms with Gasteiger partial charge in [-0.05, 0) is 18.9 Å². The third-order valence-electron chi connectivity index (χ3n) is 2.29. The van der Waals surface area contributed by atoms with Crippen molar-refractivity contribution in [2.45, 2.75) is 33.3 Å². The maximum absolute atomic E-state index is 11.3. The molecular formula is C14H19NO2. The molecule has 0 aromatic heterocycles. The molecule has 0 aliphatic carbocycles. The van der Waals surface area contributed by atoms with Gasteiger partial charge in [-0.25, -0.2) is 4.79 Å². The van der Waals surface area contributed by atoms with Gasteiger partial charge in [0.15, 0.2) is 0 Å². The lowest BCUT2D eigenvalue weighted by molar-refractivity contribution is 0.143. The van der Waals surface area contributed by atoms with Crippen molar-refractivity contribution in [1.82, 2.24) is 5.32 Å². The van der Waals surface area contributed by atoms with E-state index >= 15 is 0 Å². The maximum Gasteiger partial charge on any atom is 0.411 e. The first-order valence-electron chi connectivity index (χ1n) is 5.85. The highest BCUT2D eigenvalue weighted by Gasteiger charge is 1.99. The largest absolute Gasteiger partial charge is 0.444 e. The molecule has 0 aliphatic heterocycles. The van der Waals surface area contributed by atoms with Gasteiger partial charge in [-0.15, -0.1) is 0 Å². The van der Waals surface area contributed by atoms with Crippen molar-refractivity contribution in [3.05, 3.63) is 47.7 Å². The lowest BCUT2D eigenvalue weighted by Gasteiger charge is -2.05. The second-order valence-electron chi connectivity index (χ2n) is 3.95. The van der Waals surface area contributed by atoms with E-state index in [0.717, 1.165) is 24.0 Å². The number of carbonyl (C=O) groups excluding carboxylic acids is 1. The molecule has 1 aromatic carbocycles. The standard InChI is InChI=1S/C14H19NO2/c1-3-7-12(2)10-15-14(16)17-11-13-8-5-4-6-9-13/h4-6,8-10H,3,7,11H2,1-2H3,(H,15,16)/b12-10-. The van der Waals surface area contributed by atoms with Crippen molar-refractivity contribution >= 4 is 6.09 Å². The molecule has 0 radical (unpaired) electrons. The van der Waals surface area contributed by atoms with E-state index in [1.807, 2.05) is 37.3 Å². The second kappa shape index (κ2) is 7.49. The molecular weight excluding hydrogens is 214 g/mol. The lowest BCUT2D eigenvalue weighted by Crippen LogP contribution is -2.18. The van der Waals surface area contributed by atoms with Crippen LogP contribution in [0.25, 0.3) is 0 Å². The molecule has 1 rings (SSSR count). The van der Waals surface area contributed by atoms with E-state index in [1.54, 1.807) is 6.20 Å². The normalized spacial score (nSPS) is 11.1. The van der Waals surface area contributed by atoms with Crippen molar-refractivity contribution in [2.75, 3.05) is 0 Å². The van der Waals surface area contributed by atoms with E-state index in [2.05, 4.69) is 12.2 Å². The zero-order valence-electron chi connectivity index (χ0n) is 10.4. The number of benzene rings is 1. The van der Waals surface area contributed by atoms with Crippen LogP contribution in [-0.2, 0) is 11.3 Å². The van der Waals surface area contributed by atoms with Gasteiger partial charge in [-0.3, -0.25) is 5.32 Å². The molecule has 1 N–H and O–H groups in total. The molecule has 0 saturated heterocycles. The maximum atomic E-state index is 11.3. The smallest absolute Gasteiger partial charge is 0.411 e. The van der Waals surface area contributed by atoms with Crippen molar-refractivity contribution in [1.29, 1.82) is 0 Å². The number of rotatable bonds is 5. The van der Waals surface area contributed by atoms with Crippen molar-refractivity contribution in [3.63, 3.8) is 0 Å². The molecule has 3 heteroatoms. The summed E-state index contributed by atoms with van der Waals surface area (Å²) in [5.74, 6) is 0. The van der Waals surface area contributed by atoms with Crippen LogP contribution in [0.2, 0.25) is 0 Å². The zero-order chi connectivity index (χ0) is 12.5. The van der Waals surface area contributed by atoms with Gasteiger partial charge in [0, 0.05) is 6.20 Å². The average molecular weight is 233 g/mol. The molecule has 0 bridgehead atoms. The van der Waals surface area contributed by atoms with Gasteiger partial charge in [0.25, 0.3) is 0 Å². The predicted octanol–water partition coefficient (Wildman–Crippen LogP) is 3.62. The Kier molecular flexibility index (Phi) is 5.86. The molecule has 0 atom stereocenters. The van der Waals surface area contributed by atoms with E-state index in [-0.39, 0.29) is 0 Å². The molecule has 0 fully saturated rings. The molecule has 92 valence electrons. The van der Waals surface area contributed by atoms with Crippen LogP contribution in [0.3, 0.4) is 0 Å². The Hall–Kier alpha value is -1.77. The third-order valence-corrected chi connectivity index (χ3v) is 2.29. The summed E-state index contributed by atoms with van der Waals surface area (Å²) in [6, 6.07) is 9.61. The first-order chi connectivity index (χ1) is 8.22. The molecule has 0 spiro atoms. The number of carbonyl (C=O) groups is 1. The monoisotopic (exact) mass is 233 g/mol. The van der Waals surface area contributed by atoms with Crippen LogP contribution in [0.15, 0.2) is 42.1 Å². The van der Waals surface area contributed by atoms with Gasteiger partial charge in [-0.2, -0.15) is 0 Å². The lowest BCUT2D eigenvalue weighted by atomic mass is 10.2. The summed E-state index contributed by atoms with van der Waals surface area (Å²) in [4.78, 5) is 11.3. The van der Waals surface area contributed by atoms with Crippen molar-refractivity contribution < 1.29 is 9.53 Å². The molecule has 0 unspecified atom stereocenters. The van der Waals surface area contributed by atoms with Gasteiger partial charge >= 0.3 is 6.09 Å². The number of amides is 1. The van der Waals surface area contributed by atoms with Crippen molar-refractivity contribution in [3.8, 4) is 0 Å². The minimum atomic E-state index is -0.413. The molecule has 1 aromatic rings. The SMILES string of the molecule is CCC/C(C)=C\NC(=O)OCc1ccccc1. The van der Waals surface area contributed by atoms with Crippen LogP contribution < -0.4 is 5.32 Å². The van der Waals surface area contributed by atoms with Gasteiger partial charge < -0.3 is 4.74 Å². The molecule has 3 nitrogen and oxygen atoms in total. The van der Waals surface area contributed by atoms with Gasteiger partial charge in [-0.1, -0.05) is 49.2 Å². The fraction of sp³-hybridized carbons (Fsp3) is 0.357. The van der Waals surface area contributed by atoms with E-state index in [9.17, 15) is 4.79 Å². The number of hydrogen-bond donors (Lipinski definition) is 1. The zero-order valence-corrected chi connectivity index (χ0v) is 10.4. The summed E-state index contributed by atoms with van der Waals surface area (Å²) < 4.78 is 5.06.